The number of carbonyl (C=O) groups excluding carboxylic acids is 1. The van der Waals surface area contributed by atoms with Gasteiger partial charge in [0.1, 0.15) is 13.4 Å². The molecule has 1 saturated carbocycles. The highest BCUT2D eigenvalue weighted by molar-refractivity contribution is 5.85. The Labute approximate surface area is 93.2 Å². The largest absolute Gasteiger partial charge is 0.481 e. The first-order valence-corrected chi connectivity index (χ1v) is 5.14. The predicted molar refractivity (Wildman–Crippen MR) is 53.5 cm³/mol. The van der Waals surface area contributed by atoms with E-state index < -0.39 is 24.2 Å². The van der Waals surface area contributed by atoms with Crippen LogP contribution in [-0.2, 0) is 14.3 Å². The molecule has 1 fully saturated rings. The lowest BCUT2D eigenvalue weighted by molar-refractivity contribution is -0.155. The molecule has 0 aromatic rings. The van der Waals surface area contributed by atoms with Crippen LogP contribution < -0.4 is 0 Å². The second-order valence-electron chi connectivity index (χ2n) is 4.19. The second kappa shape index (κ2) is 5.25. The molecular formula is C10H16FNO4. The fraction of sp³-hybridized carbons (Fsp3) is 0.800. The van der Waals surface area contributed by atoms with E-state index in [4.69, 9.17) is 9.84 Å². The van der Waals surface area contributed by atoms with Crippen molar-refractivity contribution in [3.63, 3.8) is 0 Å². The number of likely N-dealkylation sites (N-methyl/N-ethyl adjacent to an activating group) is 1. The van der Waals surface area contributed by atoms with Gasteiger partial charge in [-0.15, -0.1) is 0 Å². The van der Waals surface area contributed by atoms with Crippen molar-refractivity contribution in [2.45, 2.75) is 19.3 Å². The van der Waals surface area contributed by atoms with Crippen LogP contribution in [0.15, 0.2) is 0 Å². The van der Waals surface area contributed by atoms with E-state index in [9.17, 15) is 14.0 Å². The van der Waals surface area contributed by atoms with Crippen LogP contribution in [0.2, 0.25) is 0 Å². The van der Waals surface area contributed by atoms with Crippen LogP contribution in [0.5, 0.6) is 0 Å². The Balaban J connectivity index is 2.27. The molecule has 0 amide bonds. The molecule has 1 aliphatic rings. The molecular weight excluding hydrogens is 217 g/mol. The molecule has 0 heterocycles. The summed E-state index contributed by atoms with van der Waals surface area (Å²) in [4.78, 5) is 23.4. The molecule has 1 N–H and O–H groups in total. The van der Waals surface area contributed by atoms with E-state index in [1.165, 1.54) is 4.90 Å². The van der Waals surface area contributed by atoms with Gasteiger partial charge in [0, 0.05) is 6.54 Å². The first-order chi connectivity index (χ1) is 7.50. The number of aliphatic carboxylic acids is 1. The van der Waals surface area contributed by atoms with Crippen LogP contribution >= 0.6 is 0 Å². The molecule has 0 aromatic heterocycles. The van der Waals surface area contributed by atoms with Gasteiger partial charge < -0.3 is 9.84 Å². The summed E-state index contributed by atoms with van der Waals surface area (Å²) >= 11 is 0. The molecule has 0 radical (unpaired) electrons. The highest BCUT2D eigenvalue weighted by Crippen LogP contribution is 2.49. The number of alkyl halides is 1. The van der Waals surface area contributed by atoms with E-state index in [1.54, 1.807) is 7.05 Å². The molecule has 0 atom stereocenters. The van der Waals surface area contributed by atoms with Gasteiger partial charge >= 0.3 is 11.9 Å². The first-order valence-electron chi connectivity index (χ1n) is 5.14. The van der Waals surface area contributed by atoms with Gasteiger partial charge in [0.05, 0.1) is 11.8 Å². The van der Waals surface area contributed by atoms with Gasteiger partial charge in [0.25, 0.3) is 0 Å². The molecule has 1 aliphatic carbocycles. The Bertz CT molecular complexity index is 278. The predicted octanol–water partition coefficient (Wildman–Crippen LogP) is 0.643. The summed E-state index contributed by atoms with van der Waals surface area (Å²) in [5, 5.41) is 8.62. The molecule has 6 heteroatoms. The van der Waals surface area contributed by atoms with Crippen LogP contribution in [0.4, 0.5) is 4.39 Å². The lowest BCUT2D eigenvalue weighted by atomic mass is 10.0. The smallest absolute Gasteiger partial charge is 0.312 e. The Morgan fingerprint density at radius 3 is 2.56 bits per heavy atom. The topological polar surface area (TPSA) is 66.8 Å². The van der Waals surface area contributed by atoms with Gasteiger partial charge in [-0.25, -0.2) is 4.39 Å². The van der Waals surface area contributed by atoms with Gasteiger partial charge in [0.2, 0.25) is 0 Å². The molecule has 92 valence electrons. The lowest BCUT2D eigenvalue weighted by Gasteiger charge is -2.15. The van der Waals surface area contributed by atoms with Crippen LogP contribution in [-0.4, -0.2) is 48.9 Å². The fourth-order valence-electron chi connectivity index (χ4n) is 1.40. The molecule has 0 aliphatic heterocycles. The van der Waals surface area contributed by atoms with Crippen LogP contribution in [0.1, 0.15) is 19.3 Å². The van der Waals surface area contributed by atoms with Crippen molar-refractivity contribution in [2.24, 2.45) is 5.41 Å². The number of rotatable bonds is 7. The van der Waals surface area contributed by atoms with Crippen molar-refractivity contribution < 1.29 is 23.8 Å². The monoisotopic (exact) mass is 233 g/mol. The fourth-order valence-corrected chi connectivity index (χ4v) is 1.40. The summed E-state index contributed by atoms with van der Waals surface area (Å²) in [6, 6.07) is 0. The number of carbonyl (C=O) groups is 2. The number of halogens is 1. The summed E-state index contributed by atoms with van der Waals surface area (Å²) in [5.41, 5.74) is -0.805. The van der Waals surface area contributed by atoms with E-state index in [1.807, 2.05) is 0 Å². The standard InChI is InChI=1S/C10H16FNO4/c1-12(7-11)4-5-16-9(15)10(2-3-10)6-8(13)14/h2-7H2,1H3,(H,13,14). The Morgan fingerprint density at radius 1 is 1.50 bits per heavy atom. The van der Waals surface area contributed by atoms with Crippen LogP contribution in [0.25, 0.3) is 0 Å². The molecule has 16 heavy (non-hydrogen) atoms. The number of carboxylic acids is 1. The number of ether oxygens (including phenoxy) is 1. The third-order valence-electron chi connectivity index (χ3n) is 2.69. The summed E-state index contributed by atoms with van der Waals surface area (Å²) in [6.07, 6.45) is 0.957. The normalized spacial score (nSPS) is 17.2. The van der Waals surface area contributed by atoms with Gasteiger partial charge in [0.15, 0.2) is 0 Å². The molecule has 0 spiro atoms. The number of hydrogen-bond acceptors (Lipinski definition) is 4. The SMILES string of the molecule is CN(CF)CCOC(=O)C1(CC(=O)O)CC1. The quantitative estimate of drug-likeness (QED) is 0.516. The summed E-state index contributed by atoms with van der Waals surface area (Å²) in [7, 11) is 1.57. The van der Waals surface area contributed by atoms with Crippen molar-refractivity contribution in [2.75, 3.05) is 27.0 Å². The lowest BCUT2D eigenvalue weighted by Crippen LogP contribution is -2.27. The summed E-state index contributed by atoms with van der Waals surface area (Å²) in [6.45, 7) is -0.191. The maximum atomic E-state index is 12.0. The van der Waals surface area contributed by atoms with Gasteiger partial charge in [-0.3, -0.25) is 14.5 Å². The maximum Gasteiger partial charge on any atom is 0.312 e. The molecule has 0 unspecified atom stereocenters. The third kappa shape index (κ3) is 3.44. The maximum absolute atomic E-state index is 12.0. The average molecular weight is 233 g/mol. The molecule has 0 bridgehead atoms. The molecule has 0 saturated heterocycles. The second-order valence-corrected chi connectivity index (χ2v) is 4.19. The minimum absolute atomic E-state index is 0.0978. The van der Waals surface area contributed by atoms with E-state index in [0.29, 0.717) is 19.4 Å². The minimum atomic E-state index is -0.990. The van der Waals surface area contributed by atoms with E-state index in [2.05, 4.69) is 0 Å². The zero-order valence-corrected chi connectivity index (χ0v) is 9.24. The van der Waals surface area contributed by atoms with Gasteiger partial charge in [-0.2, -0.15) is 0 Å². The van der Waals surface area contributed by atoms with Crippen molar-refractivity contribution in [3.05, 3.63) is 0 Å². The Morgan fingerprint density at radius 2 is 2.12 bits per heavy atom. The number of esters is 1. The number of hydrogen-bond donors (Lipinski definition) is 1. The Hall–Kier alpha value is -1.17. The highest BCUT2D eigenvalue weighted by atomic mass is 19.1. The van der Waals surface area contributed by atoms with E-state index >= 15 is 0 Å². The van der Waals surface area contributed by atoms with E-state index in [-0.39, 0.29) is 13.0 Å². The number of nitrogens with zero attached hydrogens (tertiary/aromatic N) is 1. The van der Waals surface area contributed by atoms with Crippen LogP contribution in [0, 0.1) is 5.41 Å². The number of carboxylic acid groups (broad SMARTS) is 1. The Kier molecular flexibility index (Phi) is 4.23. The van der Waals surface area contributed by atoms with Crippen molar-refractivity contribution in [3.8, 4) is 0 Å². The van der Waals surface area contributed by atoms with Gasteiger partial charge in [-0.05, 0) is 19.9 Å². The van der Waals surface area contributed by atoms with E-state index in [0.717, 1.165) is 0 Å². The average Bonchev–Trinajstić information content (AvgIpc) is 2.97. The first kappa shape index (κ1) is 12.9. The molecule has 5 nitrogen and oxygen atoms in total. The zero-order valence-electron chi connectivity index (χ0n) is 9.24. The van der Waals surface area contributed by atoms with Crippen molar-refractivity contribution in [1.29, 1.82) is 0 Å². The van der Waals surface area contributed by atoms with Crippen LogP contribution in [0.3, 0.4) is 0 Å². The molecule has 1 rings (SSSR count). The minimum Gasteiger partial charge on any atom is -0.481 e. The van der Waals surface area contributed by atoms with Gasteiger partial charge in [-0.1, -0.05) is 0 Å². The van der Waals surface area contributed by atoms with Crippen molar-refractivity contribution >= 4 is 11.9 Å². The summed E-state index contributed by atoms with van der Waals surface area (Å²) in [5.74, 6) is -1.46. The zero-order chi connectivity index (χ0) is 12.2. The highest BCUT2D eigenvalue weighted by Gasteiger charge is 2.52. The molecule has 0 aromatic carbocycles. The third-order valence-corrected chi connectivity index (χ3v) is 2.69. The summed E-state index contributed by atoms with van der Waals surface area (Å²) < 4.78 is 17.0. The van der Waals surface area contributed by atoms with Crippen molar-refractivity contribution in [1.82, 2.24) is 4.90 Å².